The van der Waals surface area contributed by atoms with E-state index in [0.717, 1.165) is 89.9 Å². The maximum Gasteiger partial charge on any atom is 0.472 e. The number of aliphatic hydroxyl groups excluding tert-OH is 2. The Morgan fingerprint density at radius 3 is 0.910 bits per heavy atom. The number of hydrogen-bond donors (Lipinski definition) is 4. The van der Waals surface area contributed by atoms with Crippen molar-refractivity contribution in [2.45, 2.75) is 347 Å². The summed E-state index contributed by atoms with van der Waals surface area (Å²) >= 11 is 0. The van der Waals surface area contributed by atoms with Gasteiger partial charge in [0.1, 0.15) is 25.4 Å². The molecule has 0 spiro atoms. The number of aliphatic hydroxyl groups is 2. The number of esters is 3. The maximum absolute atomic E-state index is 12.9. The van der Waals surface area contributed by atoms with E-state index in [2.05, 4.69) is 69.4 Å². The average Bonchev–Trinajstić information content (AvgIpc) is 3.55. The van der Waals surface area contributed by atoms with Crippen molar-refractivity contribution in [2.75, 3.05) is 39.6 Å². The molecule has 5 atom stereocenters. The quantitative estimate of drug-likeness (QED) is 0.0146. The van der Waals surface area contributed by atoms with Crippen molar-refractivity contribution in [3.05, 3.63) is 48.6 Å². The lowest BCUT2D eigenvalue weighted by Crippen LogP contribution is -2.30. The molecule has 89 heavy (non-hydrogen) atoms. The number of ether oxygens (including phenoxy) is 3. The van der Waals surface area contributed by atoms with E-state index in [1.807, 2.05) is 0 Å². The first kappa shape index (κ1) is 86.5. The van der Waals surface area contributed by atoms with Crippen LogP contribution in [-0.2, 0) is 55.8 Å². The lowest BCUT2D eigenvalue weighted by Gasteiger charge is -2.21. The lowest BCUT2D eigenvalue weighted by molar-refractivity contribution is -0.161. The second-order valence-corrected chi connectivity index (χ2v) is 27.3. The summed E-state index contributed by atoms with van der Waals surface area (Å²) < 4.78 is 60.9. The van der Waals surface area contributed by atoms with Crippen LogP contribution in [0.3, 0.4) is 0 Å². The van der Waals surface area contributed by atoms with Gasteiger partial charge in [-0.15, -0.1) is 0 Å². The molecule has 0 saturated carbocycles. The number of unbranched alkanes of at least 4 members (excludes halogenated alkanes) is 38. The van der Waals surface area contributed by atoms with Crippen LogP contribution < -0.4 is 0 Å². The summed E-state index contributed by atoms with van der Waals surface area (Å²) in [6.45, 7) is 2.69. The molecule has 0 heterocycles. The van der Waals surface area contributed by atoms with Crippen molar-refractivity contribution in [1.82, 2.24) is 0 Å². The Morgan fingerprint density at radius 1 is 0.315 bits per heavy atom. The first-order chi connectivity index (χ1) is 43.2. The van der Waals surface area contributed by atoms with E-state index in [4.69, 9.17) is 32.3 Å². The van der Waals surface area contributed by atoms with Crippen molar-refractivity contribution >= 4 is 33.6 Å². The van der Waals surface area contributed by atoms with Gasteiger partial charge in [0.15, 0.2) is 6.10 Å². The highest BCUT2D eigenvalue weighted by molar-refractivity contribution is 7.47. The van der Waals surface area contributed by atoms with Crippen LogP contribution in [0.25, 0.3) is 0 Å². The minimum Gasteiger partial charge on any atom is -0.463 e. The molecule has 0 radical (unpaired) electrons. The molecule has 0 aromatic carbocycles. The number of carbonyl (C=O) groups excluding carboxylic acids is 3. The molecule has 0 aromatic rings. The van der Waals surface area contributed by atoms with Gasteiger partial charge in [0.05, 0.1) is 26.4 Å². The van der Waals surface area contributed by atoms with Crippen molar-refractivity contribution < 1.29 is 75.8 Å². The number of carbonyl (C=O) groups is 3. The zero-order valence-corrected chi connectivity index (χ0v) is 58.4. The smallest absolute Gasteiger partial charge is 0.463 e. The molecule has 0 amide bonds. The fraction of sp³-hybridized carbons (Fsp3) is 0.845. The summed E-state index contributed by atoms with van der Waals surface area (Å²) in [5, 5.41) is 20.6. The third-order valence-electron chi connectivity index (χ3n) is 15.6. The molecule has 18 heteroatoms. The highest BCUT2D eigenvalue weighted by Crippen LogP contribution is 2.45. The van der Waals surface area contributed by atoms with Gasteiger partial charge in [0.25, 0.3) is 0 Å². The highest BCUT2D eigenvalue weighted by atomic mass is 31.2. The molecule has 0 fully saturated rings. The van der Waals surface area contributed by atoms with Gasteiger partial charge in [0, 0.05) is 19.3 Å². The van der Waals surface area contributed by atoms with Gasteiger partial charge in [0.2, 0.25) is 0 Å². The van der Waals surface area contributed by atoms with Crippen LogP contribution in [-0.4, -0.2) is 95.9 Å². The Morgan fingerprint density at radius 2 is 0.562 bits per heavy atom. The van der Waals surface area contributed by atoms with E-state index in [9.17, 15) is 43.5 Å². The third-order valence-corrected chi connectivity index (χ3v) is 17.5. The Kier molecular flexibility index (Phi) is 63.7. The molecule has 16 nitrogen and oxygen atoms in total. The van der Waals surface area contributed by atoms with Gasteiger partial charge in [-0.05, 0) is 64.2 Å². The SMILES string of the molecule is CCCCC/C=C\C/C=C\C/C=C\C/C=C\CCCCCCCCCCCCCC(=O)OCC(O)COP(=O)(O)OCC(O)COP(=O)(O)OCC(COC(=O)CCCCCCCCCCCCCCC)OC(=O)CCCCCCCCCCCCCCC. The van der Waals surface area contributed by atoms with Crippen LogP contribution in [0.15, 0.2) is 48.6 Å². The van der Waals surface area contributed by atoms with E-state index in [1.54, 1.807) is 0 Å². The molecule has 0 bridgehead atoms. The Balaban J connectivity index is 4.43. The van der Waals surface area contributed by atoms with Crippen LogP contribution in [0.2, 0.25) is 0 Å². The number of rotatable bonds is 69. The van der Waals surface area contributed by atoms with Gasteiger partial charge in [-0.25, -0.2) is 9.13 Å². The fourth-order valence-corrected chi connectivity index (χ4v) is 11.6. The molecular formula is C71H132O16P2. The predicted octanol–water partition coefficient (Wildman–Crippen LogP) is 20.0. The molecule has 4 N–H and O–H groups in total. The van der Waals surface area contributed by atoms with E-state index < -0.39 is 91.5 Å². The van der Waals surface area contributed by atoms with Gasteiger partial charge in [-0.1, -0.05) is 294 Å². The molecule has 5 unspecified atom stereocenters. The Hall–Kier alpha value is -2.49. The molecule has 0 aliphatic carbocycles. The zero-order valence-electron chi connectivity index (χ0n) is 56.6. The largest absolute Gasteiger partial charge is 0.472 e. The van der Waals surface area contributed by atoms with Crippen LogP contribution in [0.4, 0.5) is 0 Å². The van der Waals surface area contributed by atoms with Gasteiger partial charge in [-0.3, -0.25) is 32.5 Å². The Labute approximate surface area is 542 Å². The van der Waals surface area contributed by atoms with Gasteiger partial charge in [-0.2, -0.15) is 0 Å². The summed E-state index contributed by atoms with van der Waals surface area (Å²) in [6.07, 6.45) is 66.0. The van der Waals surface area contributed by atoms with Crippen molar-refractivity contribution in [3.63, 3.8) is 0 Å². The molecule has 0 aromatic heterocycles. The first-order valence-corrected chi connectivity index (χ1v) is 38.9. The predicted molar refractivity (Wildman–Crippen MR) is 362 cm³/mol. The Bertz CT molecular complexity index is 1830. The topological polar surface area (TPSA) is 231 Å². The number of phosphoric ester groups is 2. The van der Waals surface area contributed by atoms with Crippen LogP contribution in [0.1, 0.15) is 329 Å². The lowest BCUT2D eigenvalue weighted by atomic mass is 10.0. The summed E-state index contributed by atoms with van der Waals surface area (Å²) in [5.74, 6) is -1.55. The normalized spacial score (nSPS) is 14.5. The summed E-state index contributed by atoms with van der Waals surface area (Å²) in [5.41, 5.74) is 0. The third kappa shape index (κ3) is 66.8. The number of hydrogen-bond acceptors (Lipinski definition) is 14. The summed E-state index contributed by atoms with van der Waals surface area (Å²) in [7, 11) is -9.75. The number of allylic oxidation sites excluding steroid dienone is 8. The van der Waals surface area contributed by atoms with E-state index in [0.29, 0.717) is 19.3 Å². The van der Waals surface area contributed by atoms with E-state index >= 15 is 0 Å². The standard InChI is InChI=1S/C71H132O16P2/c1-4-7-10-13-16-19-22-25-26-27-28-29-30-31-32-33-34-35-36-37-38-41-43-45-48-51-54-57-69(74)81-60-66(72)61-83-88(77,78)84-62-67(73)63-85-89(79,80)86-65-68(87-71(76)59-56-53-50-47-44-40-24-21-18-15-12-9-6-3)64-82-70(75)58-55-52-49-46-42-39-23-20-17-14-11-8-5-2/h16,19,25-26,28-29,31-32,66-68,72-73H,4-15,17-18,20-24,27,30,33-65H2,1-3H3,(H,77,78)(H,79,80)/b19-16-,26-25-,29-28-,32-31-. The molecular weight excluding hydrogens is 1170 g/mol. The van der Waals surface area contributed by atoms with Crippen molar-refractivity contribution in [2.24, 2.45) is 0 Å². The van der Waals surface area contributed by atoms with Crippen LogP contribution in [0, 0.1) is 0 Å². The first-order valence-electron chi connectivity index (χ1n) is 35.9. The second-order valence-electron chi connectivity index (χ2n) is 24.4. The average molecular weight is 1300 g/mol. The fourth-order valence-electron chi connectivity index (χ4n) is 10.0. The summed E-state index contributed by atoms with van der Waals surface area (Å²) in [6, 6.07) is 0. The number of phosphoric acid groups is 2. The molecule has 0 rings (SSSR count). The van der Waals surface area contributed by atoms with Crippen LogP contribution in [0.5, 0.6) is 0 Å². The maximum atomic E-state index is 12.9. The van der Waals surface area contributed by atoms with Crippen LogP contribution >= 0.6 is 15.6 Å². The molecule has 0 aliphatic rings. The zero-order chi connectivity index (χ0) is 65.3. The molecule has 522 valence electrons. The summed E-state index contributed by atoms with van der Waals surface area (Å²) in [4.78, 5) is 58.3. The second kappa shape index (κ2) is 65.6. The van der Waals surface area contributed by atoms with Gasteiger partial charge >= 0.3 is 33.6 Å². The van der Waals surface area contributed by atoms with Crippen molar-refractivity contribution in [3.8, 4) is 0 Å². The molecule has 0 aliphatic heterocycles. The van der Waals surface area contributed by atoms with E-state index in [-0.39, 0.29) is 19.3 Å². The van der Waals surface area contributed by atoms with E-state index in [1.165, 1.54) is 180 Å². The minimum atomic E-state index is -4.91. The monoisotopic (exact) mass is 1300 g/mol. The van der Waals surface area contributed by atoms with Gasteiger partial charge < -0.3 is 34.2 Å². The van der Waals surface area contributed by atoms with Crippen molar-refractivity contribution in [1.29, 1.82) is 0 Å². The highest BCUT2D eigenvalue weighted by Gasteiger charge is 2.29. The molecule has 0 saturated heterocycles. The minimum absolute atomic E-state index is 0.113.